The van der Waals surface area contributed by atoms with E-state index in [1.807, 2.05) is 30.3 Å². The van der Waals surface area contributed by atoms with Crippen LogP contribution >= 0.6 is 11.8 Å². The summed E-state index contributed by atoms with van der Waals surface area (Å²) in [6.07, 6.45) is 1.78. The number of para-hydroxylation sites is 1. The normalized spacial score (nSPS) is 9.57. The SMILES string of the molecule is CSC(=N)N(C(C)=O)c1ccccc1. The van der Waals surface area contributed by atoms with Crippen molar-refractivity contribution < 1.29 is 4.79 Å². The Labute approximate surface area is 87.6 Å². The van der Waals surface area contributed by atoms with Gasteiger partial charge in [0.1, 0.15) is 0 Å². The Morgan fingerprint density at radius 1 is 1.36 bits per heavy atom. The average molecular weight is 208 g/mol. The van der Waals surface area contributed by atoms with Gasteiger partial charge in [0.2, 0.25) is 5.91 Å². The monoisotopic (exact) mass is 208 g/mol. The van der Waals surface area contributed by atoms with Gasteiger partial charge in [0, 0.05) is 6.92 Å². The molecule has 0 radical (unpaired) electrons. The molecular weight excluding hydrogens is 196 g/mol. The van der Waals surface area contributed by atoms with E-state index in [0.717, 1.165) is 5.69 Å². The molecule has 0 unspecified atom stereocenters. The highest BCUT2D eigenvalue weighted by Gasteiger charge is 2.15. The lowest BCUT2D eigenvalue weighted by Crippen LogP contribution is -2.32. The van der Waals surface area contributed by atoms with Gasteiger partial charge in [-0.05, 0) is 18.4 Å². The highest BCUT2D eigenvalue weighted by Crippen LogP contribution is 2.17. The van der Waals surface area contributed by atoms with E-state index >= 15 is 0 Å². The van der Waals surface area contributed by atoms with Crippen LogP contribution in [0.25, 0.3) is 0 Å². The summed E-state index contributed by atoms with van der Waals surface area (Å²) < 4.78 is 0. The minimum Gasteiger partial charge on any atom is -0.278 e. The van der Waals surface area contributed by atoms with Crippen LogP contribution in [0.2, 0.25) is 0 Å². The Hall–Kier alpha value is -1.29. The first-order valence-electron chi connectivity index (χ1n) is 4.15. The number of anilines is 1. The minimum atomic E-state index is -0.143. The van der Waals surface area contributed by atoms with Crippen molar-refractivity contribution >= 4 is 28.5 Å². The van der Waals surface area contributed by atoms with Crippen molar-refractivity contribution in [3.63, 3.8) is 0 Å². The summed E-state index contributed by atoms with van der Waals surface area (Å²) in [4.78, 5) is 12.7. The number of thioether (sulfide) groups is 1. The summed E-state index contributed by atoms with van der Waals surface area (Å²) >= 11 is 1.24. The Balaban J connectivity index is 3.01. The zero-order valence-electron chi connectivity index (χ0n) is 8.15. The Morgan fingerprint density at radius 2 is 1.93 bits per heavy atom. The van der Waals surface area contributed by atoms with Crippen LogP contribution in [0.4, 0.5) is 5.69 Å². The second kappa shape index (κ2) is 4.81. The molecule has 3 nitrogen and oxygen atoms in total. The van der Waals surface area contributed by atoms with Gasteiger partial charge in [0.25, 0.3) is 0 Å². The fourth-order valence-corrected chi connectivity index (χ4v) is 1.53. The number of hydrogen-bond acceptors (Lipinski definition) is 3. The van der Waals surface area contributed by atoms with Crippen molar-refractivity contribution in [2.45, 2.75) is 6.92 Å². The van der Waals surface area contributed by atoms with Gasteiger partial charge in [-0.3, -0.25) is 15.1 Å². The summed E-state index contributed by atoms with van der Waals surface area (Å²) in [5.74, 6) is -0.143. The third kappa shape index (κ3) is 2.35. The van der Waals surface area contributed by atoms with Gasteiger partial charge in [-0.15, -0.1) is 0 Å². The first kappa shape index (κ1) is 10.8. The summed E-state index contributed by atoms with van der Waals surface area (Å²) in [7, 11) is 0. The molecule has 0 aromatic heterocycles. The van der Waals surface area contributed by atoms with Crippen molar-refractivity contribution in [3.8, 4) is 0 Å². The number of rotatable bonds is 1. The van der Waals surface area contributed by atoms with Gasteiger partial charge >= 0.3 is 0 Å². The quantitative estimate of drug-likeness (QED) is 0.568. The first-order chi connectivity index (χ1) is 6.66. The lowest BCUT2D eigenvalue weighted by molar-refractivity contribution is -0.115. The minimum absolute atomic E-state index is 0.143. The van der Waals surface area contributed by atoms with E-state index in [9.17, 15) is 4.79 Å². The first-order valence-corrected chi connectivity index (χ1v) is 5.37. The van der Waals surface area contributed by atoms with Crippen molar-refractivity contribution in [3.05, 3.63) is 30.3 Å². The molecule has 0 aliphatic rings. The molecule has 0 fully saturated rings. The Bertz CT molecular complexity index is 337. The number of carbonyl (C=O) groups is 1. The highest BCUT2D eigenvalue weighted by molar-refractivity contribution is 8.13. The van der Waals surface area contributed by atoms with Gasteiger partial charge in [-0.1, -0.05) is 30.0 Å². The van der Waals surface area contributed by atoms with Crippen molar-refractivity contribution in [2.24, 2.45) is 0 Å². The van der Waals surface area contributed by atoms with E-state index in [-0.39, 0.29) is 11.1 Å². The molecule has 1 rings (SSSR count). The molecule has 1 aromatic rings. The molecule has 74 valence electrons. The average Bonchev–Trinajstić information content (AvgIpc) is 2.19. The lowest BCUT2D eigenvalue weighted by Gasteiger charge is -2.19. The zero-order valence-corrected chi connectivity index (χ0v) is 8.97. The fraction of sp³-hybridized carbons (Fsp3) is 0.200. The fourth-order valence-electron chi connectivity index (χ4n) is 1.11. The molecule has 4 heteroatoms. The summed E-state index contributed by atoms with van der Waals surface area (Å²) in [6, 6.07) is 9.20. The van der Waals surface area contributed by atoms with E-state index in [1.54, 1.807) is 6.26 Å². The molecule has 0 aliphatic carbocycles. The number of carbonyl (C=O) groups excluding carboxylic acids is 1. The topological polar surface area (TPSA) is 44.2 Å². The molecule has 0 saturated carbocycles. The van der Waals surface area contributed by atoms with Crippen LogP contribution in [-0.4, -0.2) is 17.3 Å². The zero-order chi connectivity index (χ0) is 10.6. The number of amidine groups is 1. The van der Waals surface area contributed by atoms with E-state index in [4.69, 9.17) is 5.41 Å². The van der Waals surface area contributed by atoms with Crippen LogP contribution in [0, 0.1) is 5.41 Å². The van der Waals surface area contributed by atoms with E-state index in [1.165, 1.54) is 23.6 Å². The van der Waals surface area contributed by atoms with E-state index in [0.29, 0.717) is 0 Å². The number of benzene rings is 1. The molecule has 1 aromatic carbocycles. The number of amides is 1. The highest BCUT2D eigenvalue weighted by atomic mass is 32.2. The molecule has 0 aliphatic heterocycles. The van der Waals surface area contributed by atoms with Gasteiger partial charge in [0.05, 0.1) is 5.69 Å². The second-order valence-electron chi connectivity index (χ2n) is 2.70. The van der Waals surface area contributed by atoms with Crippen molar-refractivity contribution in [2.75, 3.05) is 11.2 Å². The van der Waals surface area contributed by atoms with E-state index < -0.39 is 0 Å². The van der Waals surface area contributed by atoms with Crippen LogP contribution in [0.1, 0.15) is 6.92 Å². The van der Waals surface area contributed by atoms with Crippen molar-refractivity contribution in [1.82, 2.24) is 0 Å². The standard InChI is InChI=1S/C10H12N2OS/c1-8(13)12(10(11)14-2)9-6-4-3-5-7-9/h3-7,11H,1-2H3. The van der Waals surface area contributed by atoms with Crippen molar-refractivity contribution in [1.29, 1.82) is 5.41 Å². The number of hydrogen-bond donors (Lipinski definition) is 1. The maximum atomic E-state index is 11.3. The molecule has 0 saturated heterocycles. The molecule has 1 N–H and O–H groups in total. The second-order valence-corrected chi connectivity index (χ2v) is 3.49. The van der Waals surface area contributed by atoms with Gasteiger partial charge in [-0.2, -0.15) is 0 Å². The third-order valence-corrected chi connectivity index (χ3v) is 2.29. The van der Waals surface area contributed by atoms with Crippen LogP contribution in [-0.2, 0) is 4.79 Å². The third-order valence-electron chi connectivity index (χ3n) is 1.73. The maximum absolute atomic E-state index is 11.3. The Kier molecular flexibility index (Phi) is 3.71. The molecule has 0 heterocycles. The lowest BCUT2D eigenvalue weighted by atomic mass is 10.3. The summed E-state index contributed by atoms with van der Waals surface area (Å²) in [5, 5.41) is 7.87. The number of nitrogens with zero attached hydrogens (tertiary/aromatic N) is 1. The van der Waals surface area contributed by atoms with Gasteiger partial charge < -0.3 is 0 Å². The number of nitrogens with one attached hydrogen (secondary N) is 1. The largest absolute Gasteiger partial charge is 0.278 e. The molecule has 0 atom stereocenters. The Morgan fingerprint density at radius 3 is 2.36 bits per heavy atom. The maximum Gasteiger partial charge on any atom is 0.229 e. The molecule has 0 bridgehead atoms. The predicted octanol–water partition coefficient (Wildman–Crippen LogP) is 2.34. The summed E-state index contributed by atoms with van der Waals surface area (Å²) in [5.41, 5.74) is 0.736. The van der Waals surface area contributed by atoms with Crippen LogP contribution < -0.4 is 4.90 Å². The van der Waals surface area contributed by atoms with Crippen LogP contribution in [0.5, 0.6) is 0 Å². The molecule has 0 spiro atoms. The molecular formula is C10H12N2OS. The molecule has 1 amide bonds. The van der Waals surface area contributed by atoms with Gasteiger partial charge in [0.15, 0.2) is 5.17 Å². The predicted molar refractivity (Wildman–Crippen MR) is 60.8 cm³/mol. The summed E-state index contributed by atoms with van der Waals surface area (Å²) in [6.45, 7) is 1.46. The van der Waals surface area contributed by atoms with E-state index in [2.05, 4.69) is 0 Å². The smallest absolute Gasteiger partial charge is 0.229 e. The van der Waals surface area contributed by atoms with Crippen LogP contribution in [0.15, 0.2) is 30.3 Å². The van der Waals surface area contributed by atoms with Crippen LogP contribution in [0.3, 0.4) is 0 Å². The van der Waals surface area contributed by atoms with Gasteiger partial charge in [-0.25, -0.2) is 0 Å². The molecule has 14 heavy (non-hydrogen) atoms.